The van der Waals surface area contributed by atoms with E-state index in [0.29, 0.717) is 30.8 Å². The minimum absolute atomic E-state index is 0.00316. The average Bonchev–Trinajstić information content (AvgIpc) is 3.27. The van der Waals surface area contributed by atoms with E-state index >= 15 is 0 Å². The smallest absolute Gasteiger partial charge is 0.317 e. The van der Waals surface area contributed by atoms with E-state index in [1.165, 1.54) is 0 Å². The predicted octanol–water partition coefficient (Wildman–Crippen LogP) is 2.51. The second-order valence-electron chi connectivity index (χ2n) is 7.92. The Morgan fingerprint density at radius 1 is 1.25 bits per heavy atom. The summed E-state index contributed by atoms with van der Waals surface area (Å²) in [5.74, 6) is 0.908. The number of pyridine rings is 1. The first kappa shape index (κ1) is 20.1. The van der Waals surface area contributed by atoms with Crippen molar-refractivity contribution in [3.8, 4) is 0 Å². The molecule has 8 heteroatoms. The third-order valence-electron chi connectivity index (χ3n) is 5.15. The Morgan fingerprint density at radius 3 is 2.64 bits per heavy atom. The van der Waals surface area contributed by atoms with Crippen LogP contribution in [0.1, 0.15) is 63.1 Å². The molecule has 0 spiro atoms. The number of carbonyl (C=O) groups is 2. The quantitative estimate of drug-likeness (QED) is 0.856. The van der Waals surface area contributed by atoms with Crippen molar-refractivity contribution in [2.24, 2.45) is 0 Å². The van der Waals surface area contributed by atoms with Gasteiger partial charge < -0.3 is 15.1 Å². The second kappa shape index (κ2) is 8.16. The monoisotopic (exact) mass is 386 g/mol. The molecule has 1 saturated heterocycles. The molecule has 0 bridgehead atoms. The fourth-order valence-corrected chi connectivity index (χ4v) is 3.72. The van der Waals surface area contributed by atoms with Crippen LogP contribution in [-0.2, 0) is 0 Å². The molecule has 1 aliphatic heterocycles. The van der Waals surface area contributed by atoms with Crippen molar-refractivity contribution in [2.45, 2.75) is 59.0 Å². The van der Waals surface area contributed by atoms with Gasteiger partial charge in [0.15, 0.2) is 5.65 Å². The average molecular weight is 387 g/mol. The molecule has 0 aromatic carbocycles. The first-order valence-electron chi connectivity index (χ1n) is 10.0. The summed E-state index contributed by atoms with van der Waals surface area (Å²) >= 11 is 0. The molecule has 1 N–H and O–H groups in total. The summed E-state index contributed by atoms with van der Waals surface area (Å²) in [5.41, 5.74) is 1.33. The maximum Gasteiger partial charge on any atom is 0.317 e. The van der Waals surface area contributed by atoms with Crippen molar-refractivity contribution in [3.63, 3.8) is 0 Å². The van der Waals surface area contributed by atoms with Gasteiger partial charge >= 0.3 is 6.03 Å². The number of aromatic nitrogens is 3. The van der Waals surface area contributed by atoms with Gasteiger partial charge in [-0.15, -0.1) is 10.2 Å². The standard InChI is InChI=1S/C20H30N6O2/c1-6-25(14(4)5)19(27)16-7-8-17-22-23-18(26(17)12-16)15-9-10-24(11-15)20(28)21-13(2)3/h7-8,12-15H,6,9-11H2,1-5H3,(H,21,28). The van der Waals surface area contributed by atoms with Gasteiger partial charge in [-0.3, -0.25) is 9.20 Å². The first-order valence-corrected chi connectivity index (χ1v) is 10.0. The summed E-state index contributed by atoms with van der Waals surface area (Å²) in [7, 11) is 0. The van der Waals surface area contributed by atoms with Gasteiger partial charge in [0.05, 0.1) is 5.56 Å². The Bertz CT molecular complexity index is 859. The highest BCUT2D eigenvalue weighted by Gasteiger charge is 2.31. The fraction of sp³-hybridized carbons (Fsp3) is 0.600. The Labute approximate surface area is 165 Å². The van der Waals surface area contributed by atoms with Gasteiger partial charge in [0, 0.05) is 43.8 Å². The van der Waals surface area contributed by atoms with E-state index in [2.05, 4.69) is 15.5 Å². The van der Waals surface area contributed by atoms with Crippen LogP contribution >= 0.6 is 0 Å². The summed E-state index contributed by atoms with van der Waals surface area (Å²) in [6.07, 6.45) is 2.66. The lowest BCUT2D eigenvalue weighted by molar-refractivity contribution is 0.0716. The molecule has 3 heterocycles. The number of hydrogen-bond acceptors (Lipinski definition) is 4. The third-order valence-corrected chi connectivity index (χ3v) is 5.15. The van der Waals surface area contributed by atoms with Crippen LogP contribution in [0.3, 0.4) is 0 Å². The number of fused-ring (bicyclic) bond motifs is 1. The van der Waals surface area contributed by atoms with Gasteiger partial charge in [-0.05, 0) is 53.2 Å². The maximum absolute atomic E-state index is 12.9. The van der Waals surface area contributed by atoms with Gasteiger partial charge in [-0.1, -0.05) is 0 Å². The molecule has 1 atom stereocenters. The number of nitrogens with one attached hydrogen (secondary N) is 1. The predicted molar refractivity (Wildman–Crippen MR) is 107 cm³/mol. The largest absolute Gasteiger partial charge is 0.336 e. The Balaban J connectivity index is 1.84. The van der Waals surface area contributed by atoms with Crippen LogP contribution in [0.5, 0.6) is 0 Å². The Kier molecular flexibility index (Phi) is 5.86. The summed E-state index contributed by atoms with van der Waals surface area (Å²) in [6.45, 7) is 11.9. The molecule has 1 fully saturated rings. The van der Waals surface area contributed by atoms with Gasteiger partial charge in [-0.2, -0.15) is 0 Å². The van der Waals surface area contributed by atoms with Crippen LogP contribution in [0, 0.1) is 0 Å². The highest BCUT2D eigenvalue weighted by Crippen LogP contribution is 2.26. The highest BCUT2D eigenvalue weighted by atomic mass is 16.2. The van der Waals surface area contributed by atoms with Crippen molar-refractivity contribution in [1.29, 1.82) is 0 Å². The topological polar surface area (TPSA) is 82.8 Å². The molecule has 152 valence electrons. The van der Waals surface area contributed by atoms with Crippen LogP contribution in [0.4, 0.5) is 4.79 Å². The lowest BCUT2D eigenvalue weighted by Crippen LogP contribution is -2.41. The van der Waals surface area contributed by atoms with Crippen LogP contribution in [0.25, 0.3) is 5.65 Å². The van der Waals surface area contributed by atoms with Crippen LogP contribution in [0.2, 0.25) is 0 Å². The van der Waals surface area contributed by atoms with E-state index < -0.39 is 0 Å². The highest BCUT2D eigenvalue weighted by molar-refractivity contribution is 5.94. The second-order valence-corrected chi connectivity index (χ2v) is 7.92. The molecular weight excluding hydrogens is 356 g/mol. The summed E-state index contributed by atoms with van der Waals surface area (Å²) < 4.78 is 1.90. The number of amides is 3. The molecule has 2 aromatic rings. The van der Waals surface area contributed by atoms with Crippen LogP contribution < -0.4 is 5.32 Å². The number of likely N-dealkylation sites (tertiary alicyclic amines) is 1. The first-order chi connectivity index (χ1) is 13.3. The van der Waals surface area contributed by atoms with Crippen molar-refractivity contribution in [2.75, 3.05) is 19.6 Å². The van der Waals surface area contributed by atoms with Crippen molar-refractivity contribution in [3.05, 3.63) is 29.7 Å². The van der Waals surface area contributed by atoms with Crippen LogP contribution in [0.15, 0.2) is 18.3 Å². The van der Waals surface area contributed by atoms with Gasteiger partial charge in [0.25, 0.3) is 5.91 Å². The minimum atomic E-state index is -0.0438. The zero-order valence-electron chi connectivity index (χ0n) is 17.3. The summed E-state index contributed by atoms with van der Waals surface area (Å²) in [6, 6.07) is 3.83. The summed E-state index contributed by atoms with van der Waals surface area (Å²) in [4.78, 5) is 28.8. The molecule has 0 saturated carbocycles. The fourth-order valence-electron chi connectivity index (χ4n) is 3.72. The zero-order valence-corrected chi connectivity index (χ0v) is 17.3. The number of urea groups is 1. The normalized spacial score (nSPS) is 17.0. The maximum atomic E-state index is 12.9. The third kappa shape index (κ3) is 3.95. The molecule has 0 aliphatic carbocycles. The number of rotatable bonds is 5. The number of hydrogen-bond donors (Lipinski definition) is 1. The van der Waals surface area contributed by atoms with Crippen molar-refractivity contribution in [1.82, 2.24) is 29.7 Å². The Morgan fingerprint density at radius 2 is 2.00 bits per heavy atom. The SMILES string of the molecule is CCN(C(=O)c1ccc2nnc(C3CCN(C(=O)NC(C)C)C3)n2c1)C(C)C. The van der Waals surface area contributed by atoms with E-state index in [1.807, 2.05) is 61.1 Å². The van der Waals surface area contributed by atoms with Gasteiger partial charge in [0.2, 0.25) is 0 Å². The minimum Gasteiger partial charge on any atom is -0.336 e. The molecule has 3 amide bonds. The Hall–Kier alpha value is -2.64. The molecule has 1 unspecified atom stereocenters. The molecule has 3 rings (SSSR count). The molecule has 2 aromatic heterocycles. The van der Waals surface area contributed by atoms with E-state index in [1.54, 1.807) is 6.07 Å². The molecule has 8 nitrogen and oxygen atoms in total. The molecule has 28 heavy (non-hydrogen) atoms. The molecule has 1 aliphatic rings. The van der Waals surface area contributed by atoms with E-state index in [4.69, 9.17) is 0 Å². The van der Waals surface area contributed by atoms with E-state index in [9.17, 15) is 9.59 Å². The zero-order chi connectivity index (χ0) is 20.4. The van der Waals surface area contributed by atoms with E-state index in [0.717, 1.165) is 12.2 Å². The lowest BCUT2D eigenvalue weighted by atomic mass is 10.1. The van der Waals surface area contributed by atoms with Gasteiger partial charge in [0.1, 0.15) is 5.82 Å². The summed E-state index contributed by atoms with van der Waals surface area (Å²) in [5, 5.41) is 11.5. The number of carbonyl (C=O) groups excluding carboxylic acids is 2. The number of nitrogens with zero attached hydrogens (tertiary/aromatic N) is 5. The van der Waals surface area contributed by atoms with Gasteiger partial charge in [-0.25, -0.2) is 4.79 Å². The molecular formula is C20H30N6O2. The molecule has 0 radical (unpaired) electrons. The van der Waals surface area contributed by atoms with Crippen LogP contribution in [-0.4, -0.2) is 68.1 Å². The van der Waals surface area contributed by atoms with E-state index in [-0.39, 0.29) is 29.9 Å². The van der Waals surface area contributed by atoms with Crippen molar-refractivity contribution < 1.29 is 9.59 Å². The van der Waals surface area contributed by atoms with Crippen molar-refractivity contribution >= 4 is 17.6 Å². The lowest BCUT2D eigenvalue weighted by Gasteiger charge is -2.25.